The van der Waals surface area contributed by atoms with Crippen molar-refractivity contribution in [3.8, 4) is 0 Å². The van der Waals surface area contributed by atoms with E-state index in [1.807, 2.05) is 0 Å². The molecular formula is C14H24N2O4. The third kappa shape index (κ3) is 3.93. The lowest BCUT2D eigenvalue weighted by Gasteiger charge is -2.35. The van der Waals surface area contributed by atoms with E-state index in [1.54, 1.807) is 16.7 Å². The second-order valence-electron chi connectivity index (χ2n) is 5.60. The first-order valence-electron chi connectivity index (χ1n) is 7.44. The van der Waals surface area contributed by atoms with Crippen LogP contribution in [0, 0.1) is 0 Å². The molecule has 2 aliphatic heterocycles. The summed E-state index contributed by atoms with van der Waals surface area (Å²) >= 11 is 0. The SMILES string of the molecule is CC(O)CCC(=O)N1CCN(C(=O)C2CCCO2)CC1. The predicted octanol–water partition coefficient (Wildman–Crippen LogP) is -0.00280. The minimum absolute atomic E-state index is 0.0649. The first-order valence-corrected chi connectivity index (χ1v) is 7.44. The molecular weight excluding hydrogens is 260 g/mol. The molecule has 0 aliphatic carbocycles. The van der Waals surface area contributed by atoms with E-state index in [4.69, 9.17) is 4.74 Å². The largest absolute Gasteiger partial charge is 0.393 e. The van der Waals surface area contributed by atoms with Crippen LogP contribution in [0.15, 0.2) is 0 Å². The Labute approximate surface area is 119 Å². The molecule has 2 aliphatic rings. The fourth-order valence-electron chi connectivity index (χ4n) is 2.64. The molecule has 2 unspecified atom stereocenters. The Bertz CT molecular complexity index is 345. The highest BCUT2D eigenvalue weighted by molar-refractivity contribution is 5.82. The maximum absolute atomic E-state index is 12.2. The van der Waals surface area contributed by atoms with Crippen molar-refractivity contribution in [2.75, 3.05) is 32.8 Å². The van der Waals surface area contributed by atoms with Gasteiger partial charge in [0.05, 0.1) is 6.10 Å². The number of hydrogen-bond acceptors (Lipinski definition) is 4. The molecule has 6 nitrogen and oxygen atoms in total. The van der Waals surface area contributed by atoms with Gasteiger partial charge in [-0.05, 0) is 26.2 Å². The average Bonchev–Trinajstić information content (AvgIpc) is 2.98. The van der Waals surface area contributed by atoms with E-state index in [1.165, 1.54) is 0 Å². The van der Waals surface area contributed by atoms with Crippen LogP contribution in [0.25, 0.3) is 0 Å². The molecule has 6 heteroatoms. The zero-order valence-corrected chi connectivity index (χ0v) is 12.1. The predicted molar refractivity (Wildman–Crippen MR) is 73.0 cm³/mol. The van der Waals surface area contributed by atoms with Gasteiger partial charge in [0.2, 0.25) is 5.91 Å². The number of amides is 2. The van der Waals surface area contributed by atoms with Crippen molar-refractivity contribution in [1.82, 2.24) is 9.80 Å². The molecule has 1 N–H and O–H groups in total. The monoisotopic (exact) mass is 284 g/mol. The van der Waals surface area contributed by atoms with E-state index in [9.17, 15) is 14.7 Å². The lowest BCUT2D eigenvalue weighted by molar-refractivity contribution is -0.146. The van der Waals surface area contributed by atoms with Gasteiger partial charge in [-0.15, -0.1) is 0 Å². The molecule has 2 saturated heterocycles. The first kappa shape index (κ1) is 15.3. The molecule has 0 spiro atoms. The van der Waals surface area contributed by atoms with Gasteiger partial charge in [0.25, 0.3) is 5.91 Å². The normalized spacial score (nSPS) is 24.8. The molecule has 0 aromatic rings. The molecule has 20 heavy (non-hydrogen) atoms. The second kappa shape index (κ2) is 7.04. The smallest absolute Gasteiger partial charge is 0.251 e. The number of nitrogens with zero attached hydrogens (tertiary/aromatic N) is 2. The van der Waals surface area contributed by atoms with Gasteiger partial charge < -0.3 is 19.6 Å². The highest BCUT2D eigenvalue weighted by atomic mass is 16.5. The standard InChI is InChI=1S/C14H24N2O4/c1-11(17)4-5-13(18)15-6-8-16(9-7-15)14(19)12-3-2-10-20-12/h11-12,17H,2-10H2,1H3. The number of aliphatic hydroxyl groups is 1. The third-order valence-corrected chi connectivity index (χ3v) is 3.93. The maximum Gasteiger partial charge on any atom is 0.251 e. The highest BCUT2D eigenvalue weighted by Gasteiger charge is 2.31. The van der Waals surface area contributed by atoms with E-state index in [0.29, 0.717) is 45.6 Å². The van der Waals surface area contributed by atoms with Crippen molar-refractivity contribution in [2.45, 2.75) is 44.8 Å². The van der Waals surface area contributed by atoms with Crippen molar-refractivity contribution >= 4 is 11.8 Å². The third-order valence-electron chi connectivity index (χ3n) is 3.93. The quantitative estimate of drug-likeness (QED) is 0.789. The van der Waals surface area contributed by atoms with Crippen molar-refractivity contribution in [2.24, 2.45) is 0 Å². The van der Waals surface area contributed by atoms with Gasteiger partial charge >= 0.3 is 0 Å². The summed E-state index contributed by atoms with van der Waals surface area (Å²) in [5.74, 6) is 0.133. The van der Waals surface area contributed by atoms with E-state index in [-0.39, 0.29) is 17.9 Å². The van der Waals surface area contributed by atoms with Crippen LogP contribution >= 0.6 is 0 Å². The number of rotatable bonds is 4. The lowest BCUT2D eigenvalue weighted by atomic mass is 10.1. The Morgan fingerprint density at radius 3 is 2.45 bits per heavy atom. The number of carbonyl (C=O) groups is 2. The summed E-state index contributed by atoms with van der Waals surface area (Å²) in [4.78, 5) is 27.7. The minimum Gasteiger partial charge on any atom is -0.393 e. The highest BCUT2D eigenvalue weighted by Crippen LogP contribution is 2.16. The van der Waals surface area contributed by atoms with E-state index in [2.05, 4.69) is 0 Å². The zero-order valence-electron chi connectivity index (χ0n) is 12.1. The second-order valence-corrected chi connectivity index (χ2v) is 5.60. The number of aliphatic hydroxyl groups excluding tert-OH is 1. The Hall–Kier alpha value is -1.14. The minimum atomic E-state index is -0.443. The fourth-order valence-corrected chi connectivity index (χ4v) is 2.64. The zero-order chi connectivity index (χ0) is 14.5. The summed E-state index contributed by atoms with van der Waals surface area (Å²) in [5.41, 5.74) is 0. The molecule has 2 atom stereocenters. The van der Waals surface area contributed by atoms with Gasteiger partial charge in [-0.2, -0.15) is 0 Å². The summed E-state index contributed by atoms with van der Waals surface area (Å²) in [7, 11) is 0. The fraction of sp³-hybridized carbons (Fsp3) is 0.857. The van der Waals surface area contributed by atoms with Crippen LogP contribution in [0.3, 0.4) is 0 Å². The number of ether oxygens (including phenoxy) is 1. The van der Waals surface area contributed by atoms with Crippen LogP contribution in [-0.4, -0.2) is 71.7 Å². The first-order chi connectivity index (χ1) is 9.58. The van der Waals surface area contributed by atoms with Gasteiger partial charge in [-0.25, -0.2) is 0 Å². The van der Waals surface area contributed by atoms with Crippen LogP contribution in [0.2, 0.25) is 0 Å². The molecule has 2 rings (SSSR count). The molecule has 0 saturated carbocycles. The van der Waals surface area contributed by atoms with Gasteiger partial charge in [0.1, 0.15) is 6.10 Å². The summed E-state index contributed by atoms with van der Waals surface area (Å²) in [5, 5.41) is 9.20. The summed E-state index contributed by atoms with van der Waals surface area (Å²) in [6.45, 7) is 4.69. The summed E-state index contributed by atoms with van der Waals surface area (Å²) < 4.78 is 5.41. The summed E-state index contributed by atoms with van der Waals surface area (Å²) in [6.07, 6.45) is 1.92. The van der Waals surface area contributed by atoms with Gasteiger partial charge in [0, 0.05) is 39.2 Å². The lowest BCUT2D eigenvalue weighted by Crippen LogP contribution is -2.52. The van der Waals surface area contributed by atoms with Crippen molar-refractivity contribution in [3.63, 3.8) is 0 Å². The van der Waals surface area contributed by atoms with Crippen LogP contribution < -0.4 is 0 Å². The summed E-state index contributed by atoms with van der Waals surface area (Å²) in [6, 6.07) is 0. The average molecular weight is 284 g/mol. The Balaban J connectivity index is 1.74. The molecule has 0 aromatic carbocycles. The van der Waals surface area contributed by atoms with Crippen LogP contribution in [-0.2, 0) is 14.3 Å². The molecule has 2 heterocycles. The van der Waals surface area contributed by atoms with Crippen LogP contribution in [0.5, 0.6) is 0 Å². The van der Waals surface area contributed by atoms with Gasteiger partial charge in [0.15, 0.2) is 0 Å². The molecule has 0 bridgehead atoms. The Morgan fingerprint density at radius 1 is 1.25 bits per heavy atom. The van der Waals surface area contributed by atoms with Crippen LogP contribution in [0.4, 0.5) is 0 Å². The van der Waals surface area contributed by atoms with Gasteiger partial charge in [-0.1, -0.05) is 0 Å². The van der Waals surface area contributed by atoms with E-state index in [0.717, 1.165) is 12.8 Å². The van der Waals surface area contributed by atoms with Crippen molar-refractivity contribution in [1.29, 1.82) is 0 Å². The topological polar surface area (TPSA) is 70.1 Å². The Kier molecular flexibility index (Phi) is 5.37. The van der Waals surface area contributed by atoms with E-state index < -0.39 is 6.10 Å². The number of piperazine rings is 1. The molecule has 114 valence electrons. The van der Waals surface area contributed by atoms with Gasteiger partial charge in [-0.3, -0.25) is 9.59 Å². The van der Waals surface area contributed by atoms with Crippen LogP contribution in [0.1, 0.15) is 32.6 Å². The van der Waals surface area contributed by atoms with Crippen molar-refractivity contribution < 1.29 is 19.4 Å². The van der Waals surface area contributed by atoms with E-state index >= 15 is 0 Å². The number of hydrogen-bond donors (Lipinski definition) is 1. The molecule has 2 amide bonds. The van der Waals surface area contributed by atoms with Crippen molar-refractivity contribution in [3.05, 3.63) is 0 Å². The molecule has 0 radical (unpaired) electrons. The molecule has 2 fully saturated rings. The molecule has 0 aromatic heterocycles. The number of carbonyl (C=O) groups excluding carboxylic acids is 2. The Morgan fingerprint density at radius 2 is 1.90 bits per heavy atom. The maximum atomic E-state index is 12.2.